The number of hydrogen-bond donors (Lipinski definition) is 1. The molecule has 1 N–H and O–H groups in total. The molecule has 5 nitrogen and oxygen atoms in total. The summed E-state index contributed by atoms with van der Waals surface area (Å²) in [5.41, 5.74) is 1.13. The van der Waals surface area contributed by atoms with Crippen LogP contribution in [0.1, 0.15) is 19.4 Å². The van der Waals surface area contributed by atoms with E-state index in [-0.39, 0.29) is 0 Å². The Morgan fingerprint density at radius 2 is 1.86 bits per heavy atom. The van der Waals surface area contributed by atoms with Crippen LogP contribution in [0, 0.1) is 0 Å². The molecule has 0 bridgehead atoms. The molecule has 0 unspecified atom stereocenters. The lowest BCUT2D eigenvalue weighted by Gasteiger charge is -2.20. The molecule has 120 valence electrons. The van der Waals surface area contributed by atoms with E-state index >= 15 is 0 Å². The standard InChI is InChI=1S/C15H26N2O3S/c1-4-17(12-13-20-5-2)21(18,19)15-8-6-14(7-9-15)10-11-16-3/h6-9,16H,4-5,10-13H2,1-3H3. The first-order valence-corrected chi connectivity index (χ1v) is 8.81. The lowest BCUT2D eigenvalue weighted by atomic mass is 10.1. The van der Waals surface area contributed by atoms with E-state index in [0.29, 0.717) is 31.2 Å². The molecule has 0 saturated heterocycles. The summed E-state index contributed by atoms with van der Waals surface area (Å²) in [6.45, 7) is 6.45. The Morgan fingerprint density at radius 1 is 1.19 bits per heavy atom. The lowest BCUT2D eigenvalue weighted by molar-refractivity contribution is 0.135. The molecule has 0 spiro atoms. The molecule has 0 aliphatic carbocycles. The Bertz CT molecular complexity index is 500. The van der Waals surface area contributed by atoms with E-state index in [0.717, 1.165) is 18.5 Å². The number of nitrogens with zero attached hydrogens (tertiary/aromatic N) is 1. The third kappa shape index (κ3) is 5.39. The number of likely N-dealkylation sites (N-methyl/N-ethyl adjacent to an activating group) is 2. The average Bonchev–Trinajstić information content (AvgIpc) is 2.49. The van der Waals surface area contributed by atoms with Gasteiger partial charge in [-0.1, -0.05) is 19.1 Å². The van der Waals surface area contributed by atoms with Gasteiger partial charge in [-0.3, -0.25) is 0 Å². The second-order valence-corrected chi connectivity index (χ2v) is 6.63. The second-order valence-electron chi connectivity index (χ2n) is 4.69. The van der Waals surface area contributed by atoms with Crippen molar-refractivity contribution >= 4 is 10.0 Å². The topological polar surface area (TPSA) is 58.6 Å². The molecular weight excluding hydrogens is 288 g/mol. The number of rotatable bonds is 10. The maximum Gasteiger partial charge on any atom is 0.243 e. The monoisotopic (exact) mass is 314 g/mol. The van der Waals surface area contributed by atoms with Gasteiger partial charge in [0.1, 0.15) is 0 Å². The highest BCUT2D eigenvalue weighted by Gasteiger charge is 2.22. The van der Waals surface area contributed by atoms with Crippen molar-refractivity contribution in [1.29, 1.82) is 0 Å². The van der Waals surface area contributed by atoms with Crippen molar-refractivity contribution in [3.63, 3.8) is 0 Å². The fourth-order valence-electron chi connectivity index (χ4n) is 2.01. The molecule has 0 amide bonds. The van der Waals surface area contributed by atoms with Crippen LogP contribution >= 0.6 is 0 Å². The van der Waals surface area contributed by atoms with Gasteiger partial charge in [-0.25, -0.2) is 8.42 Å². The molecule has 0 heterocycles. The Hall–Kier alpha value is -0.950. The highest BCUT2D eigenvalue weighted by Crippen LogP contribution is 2.16. The smallest absolute Gasteiger partial charge is 0.243 e. The number of benzene rings is 1. The Balaban J connectivity index is 2.79. The Labute approximate surface area is 128 Å². The summed E-state index contributed by atoms with van der Waals surface area (Å²) in [6, 6.07) is 7.12. The van der Waals surface area contributed by atoms with Crippen molar-refractivity contribution in [2.45, 2.75) is 25.2 Å². The minimum absolute atomic E-state index is 0.342. The fraction of sp³-hybridized carbons (Fsp3) is 0.600. The molecule has 0 fully saturated rings. The summed E-state index contributed by atoms with van der Waals surface area (Å²) in [5, 5.41) is 3.08. The molecule has 0 radical (unpaired) electrons. The third-order valence-electron chi connectivity index (χ3n) is 3.27. The zero-order valence-corrected chi connectivity index (χ0v) is 13.9. The number of ether oxygens (including phenoxy) is 1. The van der Waals surface area contributed by atoms with E-state index < -0.39 is 10.0 Å². The lowest BCUT2D eigenvalue weighted by Crippen LogP contribution is -2.33. The van der Waals surface area contributed by atoms with Crippen molar-refractivity contribution < 1.29 is 13.2 Å². The summed E-state index contributed by atoms with van der Waals surface area (Å²) in [4.78, 5) is 0.342. The second kappa shape index (κ2) is 9.15. The predicted molar refractivity (Wildman–Crippen MR) is 85.0 cm³/mol. The van der Waals surface area contributed by atoms with Crippen LogP contribution in [0.4, 0.5) is 0 Å². The first kappa shape index (κ1) is 18.1. The summed E-state index contributed by atoms with van der Waals surface area (Å²) in [5.74, 6) is 0. The van der Waals surface area contributed by atoms with Gasteiger partial charge in [0, 0.05) is 19.7 Å². The number of hydrogen-bond acceptors (Lipinski definition) is 4. The Morgan fingerprint density at radius 3 is 2.38 bits per heavy atom. The van der Waals surface area contributed by atoms with E-state index in [1.165, 1.54) is 4.31 Å². The normalized spacial score (nSPS) is 12.0. The van der Waals surface area contributed by atoms with E-state index in [1.807, 2.05) is 33.0 Å². The Kier molecular flexibility index (Phi) is 7.88. The molecule has 6 heteroatoms. The predicted octanol–water partition coefficient (Wildman–Crippen LogP) is 1.50. The SMILES string of the molecule is CCOCCN(CC)S(=O)(=O)c1ccc(CCNC)cc1. The zero-order valence-electron chi connectivity index (χ0n) is 13.1. The quantitative estimate of drug-likeness (QED) is 0.665. The van der Waals surface area contributed by atoms with Gasteiger partial charge >= 0.3 is 0 Å². The van der Waals surface area contributed by atoms with E-state index in [2.05, 4.69) is 5.32 Å². The van der Waals surface area contributed by atoms with Crippen molar-refractivity contribution in [1.82, 2.24) is 9.62 Å². The fourth-order valence-corrected chi connectivity index (χ4v) is 3.44. The van der Waals surface area contributed by atoms with Gasteiger partial charge < -0.3 is 10.1 Å². The minimum Gasteiger partial charge on any atom is -0.380 e. The highest BCUT2D eigenvalue weighted by atomic mass is 32.2. The largest absolute Gasteiger partial charge is 0.380 e. The molecule has 1 aromatic carbocycles. The van der Waals surface area contributed by atoms with Crippen LogP contribution in [0.5, 0.6) is 0 Å². The average molecular weight is 314 g/mol. The van der Waals surface area contributed by atoms with Crippen molar-refractivity contribution in [2.75, 3.05) is 39.9 Å². The van der Waals surface area contributed by atoms with Crippen LogP contribution in [-0.4, -0.2) is 52.6 Å². The third-order valence-corrected chi connectivity index (χ3v) is 5.26. The van der Waals surface area contributed by atoms with E-state index in [9.17, 15) is 8.42 Å². The minimum atomic E-state index is -3.43. The molecule has 1 rings (SSSR count). The maximum absolute atomic E-state index is 12.5. The van der Waals surface area contributed by atoms with Crippen LogP contribution in [0.15, 0.2) is 29.2 Å². The van der Waals surface area contributed by atoms with E-state index in [4.69, 9.17) is 4.74 Å². The van der Waals surface area contributed by atoms with Crippen LogP contribution < -0.4 is 5.32 Å². The van der Waals surface area contributed by atoms with Crippen molar-refractivity contribution in [3.8, 4) is 0 Å². The van der Waals surface area contributed by atoms with Crippen LogP contribution in [-0.2, 0) is 21.2 Å². The van der Waals surface area contributed by atoms with Gasteiger partial charge in [0.25, 0.3) is 0 Å². The molecule has 0 atom stereocenters. The molecular formula is C15H26N2O3S. The van der Waals surface area contributed by atoms with Gasteiger partial charge in [-0.2, -0.15) is 4.31 Å². The highest BCUT2D eigenvalue weighted by molar-refractivity contribution is 7.89. The maximum atomic E-state index is 12.5. The van der Waals surface area contributed by atoms with Gasteiger partial charge in [0.15, 0.2) is 0 Å². The molecule has 1 aromatic rings. The number of sulfonamides is 1. The first-order valence-electron chi connectivity index (χ1n) is 7.37. The van der Waals surface area contributed by atoms with Crippen molar-refractivity contribution in [3.05, 3.63) is 29.8 Å². The number of nitrogens with one attached hydrogen (secondary N) is 1. The first-order chi connectivity index (χ1) is 10.1. The molecule has 0 saturated carbocycles. The van der Waals surface area contributed by atoms with Crippen molar-refractivity contribution in [2.24, 2.45) is 0 Å². The summed E-state index contributed by atoms with van der Waals surface area (Å²) < 4.78 is 31.8. The van der Waals surface area contributed by atoms with E-state index in [1.54, 1.807) is 12.1 Å². The van der Waals surface area contributed by atoms with Gasteiger partial charge in [0.2, 0.25) is 10.0 Å². The summed E-state index contributed by atoms with van der Waals surface area (Å²) in [6.07, 6.45) is 0.888. The molecule has 0 aliphatic heterocycles. The summed E-state index contributed by atoms with van der Waals surface area (Å²) in [7, 11) is -1.53. The molecule has 0 aromatic heterocycles. The summed E-state index contributed by atoms with van der Waals surface area (Å²) >= 11 is 0. The zero-order chi connectivity index (χ0) is 15.7. The van der Waals surface area contributed by atoms with Crippen LogP contribution in [0.25, 0.3) is 0 Å². The van der Waals surface area contributed by atoms with Gasteiger partial charge in [-0.05, 0) is 44.6 Å². The molecule has 0 aliphatic rings. The van der Waals surface area contributed by atoms with Gasteiger partial charge in [0.05, 0.1) is 11.5 Å². The molecule has 21 heavy (non-hydrogen) atoms. The van der Waals surface area contributed by atoms with Gasteiger partial charge in [-0.15, -0.1) is 0 Å². The van der Waals surface area contributed by atoms with Crippen LogP contribution in [0.2, 0.25) is 0 Å². The van der Waals surface area contributed by atoms with Crippen LogP contribution in [0.3, 0.4) is 0 Å².